The van der Waals surface area contributed by atoms with Crippen molar-refractivity contribution in [3.05, 3.63) is 17.5 Å². The Labute approximate surface area is 94.8 Å². The lowest BCUT2D eigenvalue weighted by molar-refractivity contribution is 0.0914. The molecule has 0 aliphatic rings. The van der Waals surface area contributed by atoms with Gasteiger partial charge in [-0.25, -0.2) is 0 Å². The van der Waals surface area contributed by atoms with Gasteiger partial charge < -0.3 is 14.9 Å². The van der Waals surface area contributed by atoms with Gasteiger partial charge in [0.15, 0.2) is 5.69 Å². The largest absolute Gasteiger partial charge is 0.392 e. The minimum Gasteiger partial charge on any atom is -0.392 e. The van der Waals surface area contributed by atoms with Gasteiger partial charge in [0, 0.05) is 18.0 Å². The lowest BCUT2D eigenvalue weighted by Gasteiger charge is -2.12. The van der Waals surface area contributed by atoms with Gasteiger partial charge in [-0.3, -0.25) is 4.79 Å². The van der Waals surface area contributed by atoms with Crippen LogP contribution in [0.5, 0.6) is 0 Å². The van der Waals surface area contributed by atoms with Gasteiger partial charge in [-0.05, 0) is 6.92 Å². The second kappa shape index (κ2) is 4.65. The molecule has 1 aromatic heterocycles. The predicted molar refractivity (Wildman–Crippen MR) is 59.2 cm³/mol. The highest BCUT2D eigenvalue weighted by atomic mass is 16.5. The molecule has 0 saturated heterocycles. The predicted octanol–water partition coefficient (Wildman–Crippen LogP) is 1.08. The molecule has 2 N–H and O–H groups in total. The third-order valence-electron chi connectivity index (χ3n) is 2.04. The number of hydrogen-bond donors (Lipinski definition) is 2. The van der Waals surface area contributed by atoms with E-state index >= 15 is 0 Å². The summed E-state index contributed by atoms with van der Waals surface area (Å²) >= 11 is 0. The van der Waals surface area contributed by atoms with Crippen LogP contribution in [-0.4, -0.2) is 28.8 Å². The van der Waals surface area contributed by atoms with Crippen LogP contribution in [0.2, 0.25) is 0 Å². The van der Waals surface area contributed by atoms with E-state index in [1.165, 1.54) is 0 Å². The van der Waals surface area contributed by atoms with E-state index < -0.39 is 6.10 Å². The summed E-state index contributed by atoms with van der Waals surface area (Å²) in [6.45, 7) is 7.74. The standard InChI is InChI=1S/C11H18N2O3/c1-7(14)6-12-10(15)8-5-9(16-13-8)11(2,3)4/h5,7,14H,6H2,1-4H3,(H,12,15). The van der Waals surface area contributed by atoms with Crippen molar-refractivity contribution >= 4 is 5.91 Å². The number of hydrogen-bond acceptors (Lipinski definition) is 4. The van der Waals surface area contributed by atoms with Crippen molar-refractivity contribution in [1.29, 1.82) is 0 Å². The number of carbonyl (C=O) groups is 1. The lowest BCUT2D eigenvalue weighted by Crippen LogP contribution is -2.30. The molecule has 0 bridgehead atoms. The Bertz CT molecular complexity index is 364. The van der Waals surface area contributed by atoms with Gasteiger partial charge in [-0.2, -0.15) is 0 Å². The molecule has 0 aliphatic carbocycles. The minimum absolute atomic E-state index is 0.171. The fraction of sp³-hybridized carbons (Fsp3) is 0.636. The smallest absolute Gasteiger partial charge is 0.273 e. The summed E-state index contributed by atoms with van der Waals surface area (Å²) in [5, 5.41) is 15.3. The highest BCUT2D eigenvalue weighted by Crippen LogP contribution is 2.22. The van der Waals surface area contributed by atoms with Crippen molar-refractivity contribution in [3.8, 4) is 0 Å². The molecule has 0 spiro atoms. The zero-order chi connectivity index (χ0) is 12.3. The number of carbonyl (C=O) groups excluding carboxylic acids is 1. The van der Waals surface area contributed by atoms with Gasteiger partial charge in [-0.1, -0.05) is 25.9 Å². The zero-order valence-corrected chi connectivity index (χ0v) is 10.1. The second-order valence-corrected chi connectivity index (χ2v) is 4.89. The first-order valence-corrected chi connectivity index (χ1v) is 5.24. The number of amides is 1. The number of nitrogens with zero attached hydrogens (tertiary/aromatic N) is 1. The molecule has 1 unspecified atom stereocenters. The molecule has 1 heterocycles. The van der Waals surface area contributed by atoms with Gasteiger partial charge in [0.2, 0.25) is 0 Å². The summed E-state index contributed by atoms with van der Waals surface area (Å²) in [6, 6.07) is 1.62. The molecule has 0 saturated carbocycles. The highest BCUT2D eigenvalue weighted by Gasteiger charge is 2.21. The quantitative estimate of drug-likeness (QED) is 0.808. The van der Waals surface area contributed by atoms with Gasteiger partial charge in [0.1, 0.15) is 5.76 Å². The summed E-state index contributed by atoms with van der Waals surface area (Å²) in [5.41, 5.74) is 0.0704. The monoisotopic (exact) mass is 226 g/mol. The van der Waals surface area contributed by atoms with E-state index in [0.29, 0.717) is 5.76 Å². The van der Waals surface area contributed by atoms with E-state index in [4.69, 9.17) is 9.63 Å². The molecule has 1 atom stereocenters. The van der Waals surface area contributed by atoms with Crippen LogP contribution in [0.25, 0.3) is 0 Å². The molecule has 0 aliphatic heterocycles. The SMILES string of the molecule is CC(O)CNC(=O)c1cc(C(C)(C)C)on1. The normalized spacial score (nSPS) is 13.6. The number of nitrogens with one attached hydrogen (secondary N) is 1. The number of aliphatic hydroxyl groups excluding tert-OH is 1. The fourth-order valence-corrected chi connectivity index (χ4v) is 1.07. The van der Waals surface area contributed by atoms with Crippen molar-refractivity contribution in [2.24, 2.45) is 0 Å². The van der Waals surface area contributed by atoms with Gasteiger partial charge >= 0.3 is 0 Å². The summed E-state index contributed by atoms with van der Waals surface area (Å²) in [6.07, 6.45) is -0.571. The van der Waals surface area contributed by atoms with E-state index in [9.17, 15) is 4.79 Å². The van der Waals surface area contributed by atoms with E-state index in [1.54, 1.807) is 13.0 Å². The molecule has 16 heavy (non-hydrogen) atoms. The number of aliphatic hydroxyl groups is 1. The van der Waals surface area contributed by atoms with Gasteiger partial charge in [0.05, 0.1) is 6.10 Å². The summed E-state index contributed by atoms with van der Waals surface area (Å²) in [4.78, 5) is 11.5. The first kappa shape index (κ1) is 12.7. The van der Waals surface area contributed by atoms with Crippen LogP contribution in [0.4, 0.5) is 0 Å². The van der Waals surface area contributed by atoms with E-state index in [0.717, 1.165) is 0 Å². The maximum atomic E-state index is 11.5. The molecule has 5 nitrogen and oxygen atoms in total. The molecule has 0 fully saturated rings. The van der Waals surface area contributed by atoms with Crippen LogP contribution in [0.15, 0.2) is 10.6 Å². The number of aromatic nitrogens is 1. The van der Waals surface area contributed by atoms with Crippen LogP contribution in [0.1, 0.15) is 43.9 Å². The molecule has 1 rings (SSSR count). The van der Waals surface area contributed by atoms with Crippen LogP contribution >= 0.6 is 0 Å². The Morgan fingerprint density at radius 1 is 1.62 bits per heavy atom. The Balaban J connectivity index is 2.67. The van der Waals surface area contributed by atoms with Gasteiger partial charge in [0.25, 0.3) is 5.91 Å². The first-order chi connectivity index (χ1) is 7.30. The highest BCUT2D eigenvalue weighted by molar-refractivity contribution is 5.92. The fourth-order valence-electron chi connectivity index (χ4n) is 1.07. The Kier molecular flexibility index (Phi) is 3.70. The topological polar surface area (TPSA) is 75.4 Å². The molecule has 90 valence electrons. The summed E-state index contributed by atoms with van der Waals surface area (Å²) in [7, 11) is 0. The minimum atomic E-state index is -0.571. The van der Waals surface area contributed by atoms with E-state index in [2.05, 4.69) is 10.5 Å². The molecule has 5 heteroatoms. The number of rotatable bonds is 3. The van der Waals surface area contributed by atoms with Gasteiger partial charge in [-0.15, -0.1) is 0 Å². The maximum Gasteiger partial charge on any atom is 0.273 e. The Hall–Kier alpha value is -1.36. The summed E-state index contributed by atoms with van der Waals surface area (Å²) in [5.74, 6) is 0.329. The van der Waals surface area contributed by atoms with Crippen molar-refractivity contribution in [3.63, 3.8) is 0 Å². The van der Waals surface area contributed by atoms with Crippen LogP contribution < -0.4 is 5.32 Å². The molecule has 0 radical (unpaired) electrons. The van der Waals surface area contributed by atoms with Crippen LogP contribution in [-0.2, 0) is 5.41 Å². The third kappa shape index (κ3) is 3.34. The van der Waals surface area contributed by atoms with Crippen molar-refractivity contribution in [2.75, 3.05) is 6.54 Å². The lowest BCUT2D eigenvalue weighted by atomic mass is 9.93. The average Bonchev–Trinajstić information content (AvgIpc) is 2.61. The average molecular weight is 226 g/mol. The Morgan fingerprint density at radius 3 is 2.69 bits per heavy atom. The molecule has 1 aromatic rings. The molecule has 0 aromatic carbocycles. The molecular formula is C11H18N2O3. The van der Waals surface area contributed by atoms with Crippen molar-refractivity contribution < 1.29 is 14.4 Å². The molecular weight excluding hydrogens is 208 g/mol. The maximum absolute atomic E-state index is 11.5. The molecule has 1 amide bonds. The Morgan fingerprint density at radius 2 is 2.25 bits per heavy atom. The van der Waals surface area contributed by atoms with Crippen molar-refractivity contribution in [1.82, 2.24) is 10.5 Å². The van der Waals surface area contributed by atoms with E-state index in [-0.39, 0.29) is 23.6 Å². The summed E-state index contributed by atoms with van der Waals surface area (Å²) < 4.78 is 5.08. The van der Waals surface area contributed by atoms with Crippen LogP contribution in [0.3, 0.4) is 0 Å². The van der Waals surface area contributed by atoms with Crippen molar-refractivity contribution in [2.45, 2.75) is 39.2 Å². The van der Waals surface area contributed by atoms with E-state index in [1.807, 2.05) is 20.8 Å². The van der Waals surface area contributed by atoms with Crippen LogP contribution in [0, 0.1) is 0 Å². The second-order valence-electron chi connectivity index (χ2n) is 4.89. The zero-order valence-electron chi connectivity index (χ0n) is 10.1. The first-order valence-electron chi connectivity index (χ1n) is 5.24. The third-order valence-corrected chi connectivity index (χ3v) is 2.04.